The SMILES string of the molecule is CC(C)Cn1c(N)c(C(=O)COC(=O)Cc2ccsc2)c(=O)n(C)c1=O. The molecule has 0 amide bonds. The molecule has 26 heavy (non-hydrogen) atoms. The smallest absolute Gasteiger partial charge is 0.332 e. The minimum Gasteiger partial charge on any atom is -0.457 e. The van der Waals surface area contributed by atoms with E-state index in [2.05, 4.69) is 0 Å². The largest absolute Gasteiger partial charge is 0.457 e. The number of Topliss-reactive ketones (excluding diaryl/α,β-unsaturated/α-hetero) is 1. The summed E-state index contributed by atoms with van der Waals surface area (Å²) in [6.45, 7) is 3.41. The number of thiophene rings is 1. The van der Waals surface area contributed by atoms with Gasteiger partial charge in [-0.2, -0.15) is 11.3 Å². The molecule has 0 aliphatic heterocycles. The van der Waals surface area contributed by atoms with Crippen LogP contribution >= 0.6 is 11.3 Å². The van der Waals surface area contributed by atoms with Gasteiger partial charge in [-0.3, -0.25) is 23.5 Å². The summed E-state index contributed by atoms with van der Waals surface area (Å²) in [6.07, 6.45) is 0.0388. The van der Waals surface area contributed by atoms with Gasteiger partial charge in [-0.25, -0.2) is 4.79 Å². The van der Waals surface area contributed by atoms with E-state index in [1.54, 1.807) is 11.4 Å². The molecular formula is C17H21N3O5S. The van der Waals surface area contributed by atoms with Crippen LogP contribution in [0.2, 0.25) is 0 Å². The number of aromatic nitrogens is 2. The molecular weight excluding hydrogens is 358 g/mol. The monoisotopic (exact) mass is 379 g/mol. The Hall–Kier alpha value is -2.68. The van der Waals surface area contributed by atoms with Crippen LogP contribution in [0.4, 0.5) is 5.82 Å². The molecule has 9 heteroatoms. The Morgan fingerprint density at radius 1 is 1.31 bits per heavy atom. The molecule has 8 nitrogen and oxygen atoms in total. The van der Waals surface area contributed by atoms with Gasteiger partial charge in [0, 0.05) is 13.6 Å². The lowest BCUT2D eigenvalue weighted by atomic mass is 10.1. The number of nitrogens with two attached hydrogens (primary N) is 1. The van der Waals surface area contributed by atoms with Gasteiger partial charge >= 0.3 is 11.7 Å². The highest BCUT2D eigenvalue weighted by atomic mass is 32.1. The average Bonchev–Trinajstić information content (AvgIpc) is 3.08. The van der Waals surface area contributed by atoms with Gasteiger partial charge in [-0.1, -0.05) is 13.8 Å². The molecule has 0 aliphatic carbocycles. The van der Waals surface area contributed by atoms with Crippen LogP contribution in [-0.2, 0) is 29.5 Å². The summed E-state index contributed by atoms with van der Waals surface area (Å²) in [5.41, 5.74) is 4.97. The predicted octanol–water partition coefficient (Wildman–Crippen LogP) is 0.815. The van der Waals surface area contributed by atoms with Gasteiger partial charge in [0.05, 0.1) is 6.42 Å². The van der Waals surface area contributed by atoms with Gasteiger partial charge < -0.3 is 10.5 Å². The predicted molar refractivity (Wildman–Crippen MR) is 98.5 cm³/mol. The van der Waals surface area contributed by atoms with Crippen molar-refractivity contribution in [1.29, 1.82) is 0 Å². The van der Waals surface area contributed by atoms with Crippen LogP contribution in [0.5, 0.6) is 0 Å². The van der Waals surface area contributed by atoms with Crippen molar-refractivity contribution in [3.63, 3.8) is 0 Å². The molecule has 2 rings (SSSR count). The second-order valence-electron chi connectivity index (χ2n) is 6.30. The van der Waals surface area contributed by atoms with E-state index in [0.29, 0.717) is 0 Å². The number of ether oxygens (including phenoxy) is 1. The molecule has 0 aromatic carbocycles. The number of hydrogen-bond acceptors (Lipinski definition) is 7. The molecule has 0 bridgehead atoms. The first kappa shape index (κ1) is 19.6. The zero-order chi connectivity index (χ0) is 19.4. The van der Waals surface area contributed by atoms with E-state index in [1.807, 2.05) is 19.2 Å². The van der Waals surface area contributed by atoms with E-state index in [9.17, 15) is 19.2 Å². The summed E-state index contributed by atoms with van der Waals surface area (Å²) in [5, 5.41) is 3.63. The molecule has 0 aliphatic rings. The van der Waals surface area contributed by atoms with Crippen molar-refractivity contribution in [2.24, 2.45) is 13.0 Å². The van der Waals surface area contributed by atoms with Crippen LogP contribution < -0.4 is 17.0 Å². The molecule has 2 aromatic heterocycles. The van der Waals surface area contributed by atoms with E-state index in [4.69, 9.17) is 10.5 Å². The third-order valence-electron chi connectivity index (χ3n) is 3.70. The van der Waals surface area contributed by atoms with Crippen molar-refractivity contribution in [3.8, 4) is 0 Å². The first-order valence-electron chi connectivity index (χ1n) is 8.01. The first-order valence-corrected chi connectivity index (χ1v) is 8.95. The molecule has 0 spiro atoms. The fourth-order valence-electron chi connectivity index (χ4n) is 2.42. The van der Waals surface area contributed by atoms with E-state index in [1.165, 1.54) is 23.0 Å². The molecule has 2 heterocycles. The summed E-state index contributed by atoms with van der Waals surface area (Å²) in [5.74, 6) is -1.44. The number of anilines is 1. The van der Waals surface area contributed by atoms with Crippen molar-refractivity contribution < 1.29 is 14.3 Å². The number of hydrogen-bond donors (Lipinski definition) is 1. The molecule has 0 fully saturated rings. The van der Waals surface area contributed by atoms with Crippen molar-refractivity contribution in [2.75, 3.05) is 12.3 Å². The Morgan fingerprint density at radius 2 is 2.00 bits per heavy atom. The quantitative estimate of drug-likeness (QED) is 0.563. The number of carbonyl (C=O) groups is 2. The second-order valence-corrected chi connectivity index (χ2v) is 7.08. The van der Waals surface area contributed by atoms with Gasteiger partial charge in [0.25, 0.3) is 5.56 Å². The number of nitrogens with zero attached hydrogens (tertiary/aromatic N) is 2. The van der Waals surface area contributed by atoms with Gasteiger partial charge in [-0.05, 0) is 28.3 Å². The standard InChI is InChI=1S/C17H21N3O5S/c1-10(2)7-20-15(18)14(16(23)19(3)17(20)24)12(21)8-25-13(22)6-11-4-5-26-9-11/h4-5,9-10H,6-8,18H2,1-3H3. The topological polar surface area (TPSA) is 113 Å². The average molecular weight is 379 g/mol. The van der Waals surface area contributed by atoms with Crippen molar-refractivity contribution >= 4 is 28.9 Å². The van der Waals surface area contributed by atoms with Crippen molar-refractivity contribution in [2.45, 2.75) is 26.8 Å². The second kappa shape index (κ2) is 8.13. The van der Waals surface area contributed by atoms with E-state index < -0.39 is 29.6 Å². The zero-order valence-electron chi connectivity index (χ0n) is 14.9. The lowest BCUT2D eigenvalue weighted by Gasteiger charge is -2.16. The van der Waals surface area contributed by atoms with Crippen LogP contribution in [0.25, 0.3) is 0 Å². The van der Waals surface area contributed by atoms with Crippen LogP contribution in [0.3, 0.4) is 0 Å². The number of esters is 1. The van der Waals surface area contributed by atoms with Crippen molar-refractivity contribution in [1.82, 2.24) is 9.13 Å². The van der Waals surface area contributed by atoms with Crippen LogP contribution in [-0.4, -0.2) is 27.5 Å². The minimum atomic E-state index is -0.800. The zero-order valence-corrected chi connectivity index (χ0v) is 15.7. The van der Waals surface area contributed by atoms with Crippen LogP contribution in [0, 0.1) is 5.92 Å². The minimum absolute atomic E-state index is 0.0388. The first-order chi connectivity index (χ1) is 12.2. The molecule has 0 unspecified atom stereocenters. The maximum absolute atomic E-state index is 12.4. The fourth-order valence-corrected chi connectivity index (χ4v) is 3.08. The fraction of sp³-hybridized carbons (Fsp3) is 0.412. The summed E-state index contributed by atoms with van der Waals surface area (Å²) < 4.78 is 6.98. The highest BCUT2D eigenvalue weighted by Crippen LogP contribution is 2.10. The lowest BCUT2D eigenvalue weighted by Crippen LogP contribution is -2.43. The maximum Gasteiger partial charge on any atom is 0.332 e. The van der Waals surface area contributed by atoms with E-state index in [0.717, 1.165) is 10.1 Å². The Balaban J connectivity index is 2.22. The summed E-state index contributed by atoms with van der Waals surface area (Å²) >= 11 is 1.45. The maximum atomic E-state index is 12.4. The third-order valence-corrected chi connectivity index (χ3v) is 4.43. The summed E-state index contributed by atoms with van der Waals surface area (Å²) in [7, 11) is 1.28. The van der Waals surface area contributed by atoms with Gasteiger partial charge in [0.15, 0.2) is 6.61 Å². The summed E-state index contributed by atoms with van der Waals surface area (Å²) in [6, 6.07) is 1.78. The highest BCUT2D eigenvalue weighted by Gasteiger charge is 2.23. The number of carbonyl (C=O) groups excluding carboxylic acids is 2. The number of rotatable bonds is 7. The molecule has 0 atom stereocenters. The third kappa shape index (κ3) is 4.29. The Kier molecular flexibility index (Phi) is 6.14. The number of ketones is 1. The van der Waals surface area contributed by atoms with Crippen LogP contribution in [0.1, 0.15) is 29.8 Å². The van der Waals surface area contributed by atoms with Gasteiger partial charge in [0.2, 0.25) is 5.78 Å². The molecule has 2 aromatic rings. The summed E-state index contributed by atoms with van der Waals surface area (Å²) in [4.78, 5) is 48.7. The Bertz CT molecular complexity index is 925. The molecule has 140 valence electrons. The molecule has 2 N–H and O–H groups in total. The normalized spacial score (nSPS) is 10.9. The highest BCUT2D eigenvalue weighted by molar-refractivity contribution is 7.07. The van der Waals surface area contributed by atoms with Crippen LogP contribution in [0.15, 0.2) is 26.4 Å². The van der Waals surface area contributed by atoms with Gasteiger partial charge in [-0.15, -0.1) is 0 Å². The van der Waals surface area contributed by atoms with Crippen molar-refractivity contribution in [3.05, 3.63) is 48.8 Å². The van der Waals surface area contributed by atoms with E-state index in [-0.39, 0.29) is 30.3 Å². The Morgan fingerprint density at radius 3 is 2.58 bits per heavy atom. The van der Waals surface area contributed by atoms with Gasteiger partial charge in [0.1, 0.15) is 11.4 Å². The molecule has 0 saturated heterocycles. The molecule has 0 radical (unpaired) electrons. The molecule has 0 saturated carbocycles. The lowest BCUT2D eigenvalue weighted by molar-refractivity contribution is -0.141. The Labute approximate surface area is 153 Å². The number of nitrogen functional groups attached to an aromatic ring is 1. The van der Waals surface area contributed by atoms with E-state index >= 15 is 0 Å².